The van der Waals surface area contributed by atoms with Crippen molar-refractivity contribution < 1.29 is 15.0 Å². The molecule has 4 nitrogen and oxygen atoms in total. The number of carbonyl (C=O) groups is 1. The Hall–Kier alpha value is -1.83. The van der Waals surface area contributed by atoms with Crippen LogP contribution in [0.2, 0.25) is 0 Å². The fourth-order valence-electron chi connectivity index (χ4n) is 1.94. The monoisotopic (exact) mass is 275 g/mol. The summed E-state index contributed by atoms with van der Waals surface area (Å²) in [6.45, 7) is 5.27. The molecule has 0 bridgehead atoms. The number of likely N-dealkylation sites (N-methyl/N-ethyl adjacent to an activating group) is 1. The van der Waals surface area contributed by atoms with Crippen LogP contribution in [0.25, 0.3) is 0 Å². The molecule has 0 aliphatic heterocycles. The summed E-state index contributed by atoms with van der Waals surface area (Å²) in [6, 6.07) is 5.24. The van der Waals surface area contributed by atoms with Crippen LogP contribution in [0.5, 0.6) is 0 Å². The van der Waals surface area contributed by atoms with Gasteiger partial charge >= 0.3 is 0 Å². The summed E-state index contributed by atoms with van der Waals surface area (Å²) in [6.07, 6.45) is 0. The molecule has 0 unspecified atom stereocenters. The Morgan fingerprint density at radius 1 is 1.40 bits per heavy atom. The number of aliphatic hydroxyl groups excluding tert-OH is 1. The summed E-state index contributed by atoms with van der Waals surface area (Å²) >= 11 is 0. The largest absolute Gasteiger partial charge is 0.389 e. The molecule has 1 aromatic rings. The number of carbonyl (C=O) groups excluding carboxylic acids is 1. The maximum atomic E-state index is 12.2. The summed E-state index contributed by atoms with van der Waals surface area (Å²) in [5, 5.41) is 18.4. The van der Waals surface area contributed by atoms with Crippen LogP contribution in [0, 0.1) is 18.8 Å². The maximum Gasteiger partial charge on any atom is 0.253 e. The Balaban J connectivity index is 2.92. The number of aryl methyl sites for hydroxylation is 1. The highest BCUT2D eigenvalue weighted by molar-refractivity contribution is 5.94. The Morgan fingerprint density at radius 2 is 2.05 bits per heavy atom. The van der Waals surface area contributed by atoms with Crippen molar-refractivity contribution in [2.24, 2.45) is 0 Å². The zero-order valence-corrected chi connectivity index (χ0v) is 12.4. The lowest BCUT2D eigenvalue weighted by Gasteiger charge is -2.25. The van der Waals surface area contributed by atoms with Crippen molar-refractivity contribution in [2.45, 2.75) is 26.4 Å². The number of rotatable bonds is 3. The first kappa shape index (κ1) is 16.2. The van der Waals surface area contributed by atoms with Crippen molar-refractivity contribution in [3.05, 3.63) is 34.9 Å². The maximum absolute atomic E-state index is 12.2. The average Bonchev–Trinajstić information content (AvgIpc) is 2.34. The minimum absolute atomic E-state index is 0.142. The molecule has 0 fully saturated rings. The summed E-state index contributed by atoms with van der Waals surface area (Å²) in [5.41, 5.74) is 1.31. The fraction of sp³-hybridized carbons (Fsp3) is 0.438. The third-order valence-corrected chi connectivity index (χ3v) is 2.75. The van der Waals surface area contributed by atoms with Crippen molar-refractivity contribution >= 4 is 5.91 Å². The lowest BCUT2D eigenvalue weighted by molar-refractivity contribution is 0.0368. The van der Waals surface area contributed by atoms with Crippen molar-refractivity contribution in [3.63, 3.8) is 0 Å². The first-order valence-electron chi connectivity index (χ1n) is 6.43. The van der Waals surface area contributed by atoms with Gasteiger partial charge in [0, 0.05) is 24.7 Å². The third kappa shape index (κ3) is 4.69. The van der Waals surface area contributed by atoms with Gasteiger partial charge in [0.2, 0.25) is 0 Å². The number of amides is 1. The molecule has 1 aromatic carbocycles. The molecule has 0 spiro atoms. The second kappa shape index (κ2) is 6.56. The highest BCUT2D eigenvalue weighted by Gasteiger charge is 2.20. The molecule has 4 heteroatoms. The number of hydrogen-bond donors (Lipinski definition) is 2. The molecule has 0 aliphatic carbocycles. The van der Waals surface area contributed by atoms with Crippen LogP contribution in [-0.4, -0.2) is 46.8 Å². The molecule has 20 heavy (non-hydrogen) atoms. The van der Waals surface area contributed by atoms with E-state index in [-0.39, 0.29) is 19.1 Å². The lowest BCUT2D eigenvalue weighted by Crippen LogP contribution is -2.39. The minimum Gasteiger partial charge on any atom is -0.389 e. The summed E-state index contributed by atoms with van der Waals surface area (Å²) < 4.78 is 0. The quantitative estimate of drug-likeness (QED) is 0.814. The van der Waals surface area contributed by atoms with Crippen LogP contribution < -0.4 is 0 Å². The Morgan fingerprint density at radius 3 is 2.55 bits per heavy atom. The van der Waals surface area contributed by atoms with E-state index in [1.165, 1.54) is 4.90 Å². The van der Waals surface area contributed by atoms with Crippen molar-refractivity contribution in [1.82, 2.24) is 4.90 Å². The number of benzene rings is 1. The van der Waals surface area contributed by atoms with E-state index in [0.29, 0.717) is 5.56 Å². The Labute approximate surface area is 120 Å². The van der Waals surface area contributed by atoms with E-state index >= 15 is 0 Å². The van der Waals surface area contributed by atoms with Crippen molar-refractivity contribution in [3.8, 4) is 11.8 Å². The van der Waals surface area contributed by atoms with Gasteiger partial charge in [0.15, 0.2) is 0 Å². The lowest BCUT2D eigenvalue weighted by atomic mass is 10.0. The summed E-state index contributed by atoms with van der Waals surface area (Å²) in [5.74, 6) is 5.27. The van der Waals surface area contributed by atoms with Gasteiger partial charge in [0.25, 0.3) is 5.91 Å². The minimum atomic E-state index is -0.925. The smallest absolute Gasteiger partial charge is 0.253 e. The SMILES string of the molecule is Cc1cc(C(=O)N(C)CC(C)(C)O)ccc1C#CCO. The predicted octanol–water partition coefficient (Wildman–Crippen LogP) is 1.18. The van der Waals surface area contributed by atoms with Gasteiger partial charge in [-0.25, -0.2) is 0 Å². The second-order valence-electron chi connectivity index (χ2n) is 5.46. The molecule has 1 rings (SSSR count). The fourth-order valence-corrected chi connectivity index (χ4v) is 1.94. The number of hydrogen-bond acceptors (Lipinski definition) is 3. The summed E-state index contributed by atoms with van der Waals surface area (Å²) in [7, 11) is 1.66. The highest BCUT2D eigenvalue weighted by Crippen LogP contribution is 2.13. The zero-order valence-electron chi connectivity index (χ0n) is 12.4. The first-order valence-corrected chi connectivity index (χ1v) is 6.43. The molecule has 0 atom stereocenters. The van der Waals surface area contributed by atoms with Crippen LogP contribution in [0.4, 0.5) is 0 Å². The normalized spacial score (nSPS) is 10.7. The van der Waals surface area contributed by atoms with Gasteiger partial charge in [-0.1, -0.05) is 11.8 Å². The average molecular weight is 275 g/mol. The first-order chi connectivity index (χ1) is 9.24. The predicted molar refractivity (Wildman–Crippen MR) is 78.4 cm³/mol. The molecule has 0 aliphatic rings. The van der Waals surface area contributed by atoms with Gasteiger partial charge < -0.3 is 15.1 Å². The molecule has 0 saturated heterocycles. The van der Waals surface area contributed by atoms with E-state index in [1.807, 2.05) is 6.92 Å². The van der Waals surface area contributed by atoms with Crippen LogP contribution in [-0.2, 0) is 0 Å². The highest BCUT2D eigenvalue weighted by atomic mass is 16.3. The number of aliphatic hydroxyl groups is 2. The topological polar surface area (TPSA) is 60.8 Å². The molecule has 0 aromatic heterocycles. The van der Waals surface area contributed by atoms with Crippen molar-refractivity contribution in [2.75, 3.05) is 20.2 Å². The van der Waals surface area contributed by atoms with Gasteiger partial charge in [-0.05, 0) is 44.5 Å². The molecule has 0 radical (unpaired) electrons. The molecule has 1 amide bonds. The van der Waals surface area contributed by atoms with Gasteiger partial charge in [-0.15, -0.1) is 0 Å². The molecular weight excluding hydrogens is 254 g/mol. The van der Waals surface area contributed by atoms with Crippen LogP contribution in [0.1, 0.15) is 35.3 Å². The molecule has 108 valence electrons. The van der Waals surface area contributed by atoms with Crippen LogP contribution in [0.15, 0.2) is 18.2 Å². The van der Waals surface area contributed by atoms with E-state index in [1.54, 1.807) is 39.1 Å². The van der Waals surface area contributed by atoms with Crippen LogP contribution in [0.3, 0.4) is 0 Å². The van der Waals surface area contributed by atoms with Gasteiger partial charge in [0.05, 0.1) is 5.60 Å². The van der Waals surface area contributed by atoms with Gasteiger partial charge in [-0.3, -0.25) is 4.79 Å². The third-order valence-electron chi connectivity index (χ3n) is 2.75. The van der Waals surface area contributed by atoms with E-state index in [4.69, 9.17) is 5.11 Å². The van der Waals surface area contributed by atoms with E-state index < -0.39 is 5.60 Å². The van der Waals surface area contributed by atoms with E-state index in [0.717, 1.165) is 11.1 Å². The zero-order chi connectivity index (χ0) is 15.3. The van der Waals surface area contributed by atoms with E-state index in [9.17, 15) is 9.90 Å². The van der Waals surface area contributed by atoms with Crippen molar-refractivity contribution in [1.29, 1.82) is 0 Å². The molecule has 2 N–H and O–H groups in total. The summed E-state index contributed by atoms with van der Waals surface area (Å²) in [4.78, 5) is 13.7. The van der Waals surface area contributed by atoms with Gasteiger partial charge in [-0.2, -0.15) is 0 Å². The molecule has 0 heterocycles. The van der Waals surface area contributed by atoms with Crippen LogP contribution >= 0.6 is 0 Å². The molecule has 0 saturated carbocycles. The Bertz CT molecular complexity index is 547. The van der Waals surface area contributed by atoms with Gasteiger partial charge in [0.1, 0.15) is 6.61 Å². The van der Waals surface area contributed by atoms with E-state index in [2.05, 4.69) is 11.8 Å². The number of nitrogens with zero attached hydrogens (tertiary/aromatic N) is 1. The Kier molecular flexibility index (Phi) is 5.32. The second-order valence-corrected chi connectivity index (χ2v) is 5.46. The molecular formula is C16H21NO3. The standard InChI is InChI=1S/C16H21NO3/c1-12-10-14(8-7-13(12)6-5-9-18)15(19)17(4)11-16(2,3)20/h7-8,10,18,20H,9,11H2,1-4H3.